The van der Waals surface area contributed by atoms with E-state index in [1.54, 1.807) is 41.5 Å². The van der Waals surface area contributed by atoms with Crippen molar-refractivity contribution in [3.63, 3.8) is 0 Å². The number of carboxylic acids is 2. The van der Waals surface area contributed by atoms with Crippen LogP contribution in [-0.4, -0.2) is 218 Å². The molecule has 6 aliphatic heterocycles. The van der Waals surface area contributed by atoms with Crippen LogP contribution < -0.4 is 29.6 Å². The molecule has 4 aromatic rings. The molecule has 0 saturated carbocycles. The Labute approximate surface area is 561 Å². The van der Waals surface area contributed by atoms with Gasteiger partial charge in [-0.15, -0.1) is 0 Å². The van der Waals surface area contributed by atoms with Crippen LogP contribution in [-0.2, 0) is 75.5 Å². The maximum Gasteiger partial charge on any atom is 0.408 e. The number of aliphatic carboxylic acids is 2. The molecule has 6 heterocycles. The molecule has 96 heavy (non-hydrogen) atoms. The molecule has 6 aliphatic rings. The van der Waals surface area contributed by atoms with E-state index in [1.165, 1.54) is 0 Å². The van der Waals surface area contributed by atoms with E-state index in [4.69, 9.17) is 47.4 Å². The van der Waals surface area contributed by atoms with Crippen LogP contribution in [0.5, 0.6) is 23.0 Å². The number of hydrogen-bond acceptors (Lipinski definition) is 18. The quantitative estimate of drug-likeness (QED) is 0.0771. The summed E-state index contributed by atoms with van der Waals surface area (Å²) in [5.41, 5.74) is -0.364. The predicted molar refractivity (Wildman–Crippen MR) is 350 cm³/mol. The van der Waals surface area contributed by atoms with Crippen molar-refractivity contribution >= 4 is 36.2 Å². The number of rotatable bonds is 16. The van der Waals surface area contributed by atoms with Gasteiger partial charge in [-0.3, -0.25) is 29.4 Å². The van der Waals surface area contributed by atoms with Gasteiger partial charge >= 0.3 is 36.2 Å². The third kappa shape index (κ3) is 16.3. The van der Waals surface area contributed by atoms with E-state index in [2.05, 4.69) is 20.4 Å². The zero-order valence-electron chi connectivity index (χ0n) is 56.1. The van der Waals surface area contributed by atoms with Crippen LogP contribution in [0.3, 0.4) is 0 Å². The van der Waals surface area contributed by atoms with Gasteiger partial charge < -0.3 is 68.2 Å². The van der Waals surface area contributed by atoms with Gasteiger partial charge in [0.2, 0.25) is 0 Å². The zero-order chi connectivity index (χ0) is 68.0. The van der Waals surface area contributed by atoms with Crippen molar-refractivity contribution in [1.82, 2.24) is 40.0 Å². The molecule has 0 radical (unpaired) electrons. The van der Waals surface area contributed by atoms with Crippen molar-refractivity contribution in [3.05, 3.63) is 118 Å². The Balaban J connectivity index is 0.970. The van der Waals surface area contributed by atoms with Gasteiger partial charge in [0.1, 0.15) is 72.7 Å². The first kappa shape index (κ1) is 70.7. The number of alkyl carbamates (subject to hydrolysis) is 2. The smallest absolute Gasteiger partial charge is 0.408 e. The summed E-state index contributed by atoms with van der Waals surface area (Å²) in [7, 11) is 0. The molecular weight excluding hydrogens is 1240 g/mol. The topological polar surface area (TPSA) is 279 Å². The summed E-state index contributed by atoms with van der Waals surface area (Å²) in [5.74, 6) is -0.228. The highest BCUT2D eigenvalue weighted by atomic mass is 16.6. The Bertz CT molecular complexity index is 3000. The molecule has 2 saturated heterocycles. The highest BCUT2D eigenvalue weighted by Gasteiger charge is 2.81. The highest BCUT2D eigenvalue weighted by molar-refractivity contribution is 5.91. The monoisotopic (exact) mass is 1330 g/mol. The van der Waals surface area contributed by atoms with E-state index in [0.717, 1.165) is 11.1 Å². The van der Waals surface area contributed by atoms with E-state index < -0.39 is 58.7 Å². The lowest BCUT2D eigenvalue weighted by atomic mass is 9.77. The number of ether oxygens (including phenoxy) is 10. The minimum Gasteiger partial charge on any atom is -0.491 e. The molecule has 8 bridgehead atoms. The Morgan fingerprint density at radius 3 is 1.00 bits per heavy atom. The summed E-state index contributed by atoms with van der Waals surface area (Å²) in [6.07, 6.45) is 1.14. The second-order valence-electron chi connectivity index (χ2n) is 26.6. The highest BCUT2D eigenvalue weighted by Crippen LogP contribution is 2.66. The van der Waals surface area contributed by atoms with Gasteiger partial charge in [0, 0.05) is 59.6 Å². The average Bonchev–Trinajstić information content (AvgIpc) is 1.47. The summed E-state index contributed by atoms with van der Waals surface area (Å²) in [5, 5.41) is 24.9. The molecule has 26 nitrogen and oxygen atoms in total. The van der Waals surface area contributed by atoms with Gasteiger partial charge in [0.15, 0.2) is 11.3 Å². The molecule has 6 amide bonds. The van der Waals surface area contributed by atoms with Crippen LogP contribution >= 0.6 is 0 Å². The number of nitrogens with one attached hydrogen (secondary N) is 2. The van der Waals surface area contributed by atoms with E-state index in [-0.39, 0.29) is 104 Å². The lowest BCUT2D eigenvalue weighted by Gasteiger charge is -2.52. The number of hydrogen-bond donors (Lipinski definition) is 4. The molecule has 10 rings (SSSR count). The summed E-state index contributed by atoms with van der Waals surface area (Å²) < 4.78 is 62.7. The largest absolute Gasteiger partial charge is 0.491 e. The third-order valence-electron chi connectivity index (χ3n) is 17.8. The number of unbranched alkanes of at least 4 members (excludes halogenated alkanes) is 2. The van der Waals surface area contributed by atoms with E-state index in [1.807, 2.05) is 105 Å². The number of nitrogens with zero attached hydrogens (tertiary/aromatic N) is 6. The minimum absolute atomic E-state index is 0.00134. The van der Waals surface area contributed by atoms with E-state index in [0.29, 0.717) is 137 Å². The SMILES string of the molecule is CC(C)(C)OC(=O)N[C@@H](CCCCN1CCOCCOc2ccc3c4c2CN2C(=O)N(C4)C4(c5ccccc5)N5Cc6c(ccc(c6CN(C5=O)C24c2ccccc2)OCCOCC1)OCCOCCN(CCCC[C@H](NC(=O)OC(C)(C)C)C(=O)O)CCOCCO3)C(=O)O. The van der Waals surface area contributed by atoms with Crippen molar-refractivity contribution < 1.29 is 86.3 Å². The lowest BCUT2D eigenvalue weighted by molar-refractivity contribution is -0.140. The van der Waals surface area contributed by atoms with Crippen LogP contribution in [0.25, 0.3) is 0 Å². The molecule has 0 aromatic heterocycles. The number of carbonyl (C=O) groups excluding carboxylic acids is 4. The lowest BCUT2D eigenvalue weighted by Crippen LogP contribution is -2.64. The van der Waals surface area contributed by atoms with Gasteiger partial charge in [-0.1, -0.05) is 60.7 Å². The first-order valence-electron chi connectivity index (χ1n) is 33.5. The van der Waals surface area contributed by atoms with E-state index >= 15 is 9.59 Å². The fourth-order valence-electron chi connectivity index (χ4n) is 13.6. The van der Waals surface area contributed by atoms with Gasteiger partial charge in [-0.05, 0) is 117 Å². The molecule has 0 spiro atoms. The summed E-state index contributed by atoms with van der Waals surface area (Å²) in [4.78, 5) is 93.6. The van der Waals surface area contributed by atoms with Gasteiger partial charge in [-0.2, -0.15) is 0 Å². The molecule has 4 aromatic carbocycles. The molecular formula is C70H94N8O18. The Morgan fingerprint density at radius 2 is 0.729 bits per heavy atom. The molecule has 0 aliphatic carbocycles. The Kier molecular flexibility index (Phi) is 23.4. The van der Waals surface area contributed by atoms with Crippen LogP contribution in [0.2, 0.25) is 0 Å². The number of benzene rings is 4. The Hall–Kier alpha value is -8.14. The summed E-state index contributed by atoms with van der Waals surface area (Å²) in [6, 6.07) is 24.1. The number of carboxylic acid groups (broad SMARTS) is 2. The maximum absolute atomic E-state index is 16.3. The van der Waals surface area contributed by atoms with Crippen molar-refractivity contribution in [2.75, 3.05) is 119 Å². The molecule has 0 unspecified atom stereocenters. The first-order valence-corrected chi connectivity index (χ1v) is 33.5. The normalized spacial score (nSPS) is 21.6. The second kappa shape index (κ2) is 31.8. The van der Waals surface area contributed by atoms with Crippen molar-refractivity contribution in [1.29, 1.82) is 0 Å². The van der Waals surface area contributed by atoms with Gasteiger partial charge in [-0.25, -0.2) is 28.8 Å². The second-order valence-corrected chi connectivity index (χ2v) is 26.6. The van der Waals surface area contributed by atoms with E-state index in [9.17, 15) is 29.4 Å². The Morgan fingerprint density at radius 1 is 0.438 bits per heavy atom. The molecule has 4 N–H and O–H groups in total. The maximum atomic E-state index is 16.3. The van der Waals surface area contributed by atoms with Crippen LogP contribution in [0, 0.1) is 0 Å². The predicted octanol–water partition coefficient (Wildman–Crippen LogP) is 8.10. The molecule has 26 heteroatoms. The van der Waals surface area contributed by atoms with Crippen molar-refractivity contribution in [2.45, 2.75) is 141 Å². The summed E-state index contributed by atoms with van der Waals surface area (Å²) in [6.45, 7) is 16.5. The first-order chi connectivity index (χ1) is 46.2. The number of carbonyl (C=O) groups is 6. The number of amides is 6. The fourth-order valence-corrected chi connectivity index (χ4v) is 13.6. The molecule has 2 fully saturated rings. The number of urea groups is 2. The van der Waals surface area contributed by atoms with Gasteiger partial charge in [0.05, 0.1) is 79.0 Å². The van der Waals surface area contributed by atoms with Crippen molar-refractivity contribution in [3.8, 4) is 23.0 Å². The molecule has 2 atom stereocenters. The van der Waals surface area contributed by atoms with Crippen LogP contribution in [0.15, 0.2) is 84.9 Å². The fraction of sp³-hybridized carbons (Fsp3) is 0.571. The molecule has 522 valence electrons. The van der Waals surface area contributed by atoms with Crippen molar-refractivity contribution in [2.24, 2.45) is 0 Å². The summed E-state index contributed by atoms with van der Waals surface area (Å²) >= 11 is 0. The minimum atomic E-state index is -1.52. The average molecular weight is 1340 g/mol. The van der Waals surface area contributed by atoms with Crippen LogP contribution in [0.1, 0.15) is 113 Å². The third-order valence-corrected chi connectivity index (χ3v) is 17.8. The zero-order valence-corrected chi connectivity index (χ0v) is 56.1. The van der Waals surface area contributed by atoms with Crippen LogP contribution in [0.4, 0.5) is 19.2 Å². The standard InChI is InChI=1S/C70H94N8O18/c1-67(2,3)95-63(83)71-55(61(79)80)21-13-15-27-73-29-33-87-37-41-91-57-23-25-59-53-47-77-65(85)75(45-51(53)57)69(49-17-9-7-10-18-49)70(77,50-19-11-8-12-20-50)78-48-54-52(46-76(69)66(78)86)58(92-42-38-88-34-30-73)24-26-60(54)94-44-40-90-36-32-74(31-35-89-39-43-93-59)28-16-14-22-56(62(81)82)72-64(84)96-68(4,5)6/h7-12,17-20,23-26,55-56H,13-16,21-22,27-48H2,1-6H3,(H,71,83)(H,72,84)(H,79,80)(H,81,82)/t55-,56-,69?,70?/m0/s1. The van der Waals surface area contributed by atoms with Gasteiger partial charge in [0.25, 0.3) is 0 Å².